The van der Waals surface area contributed by atoms with Gasteiger partial charge in [-0.3, -0.25) is 0 Å². The lowest BCUT2D eigenvalue weighted by molar-refractivity contribution is 0.791. The van der Waals surface area contributed by atoms with Crippen molar-refractivity contribution < 1.29 is 0 Å². The molecule has 15 heavy (non-hydrogen) atoms. The fourth-order valence-corrected chi connectivity index (χ4v) is 2.00. The van der Waals surface area contributed by atoms with Crippen molar-refractivity contribution in [3.63, 3.8) is 0 Å². The molecule has 0 spiro atoms. The Morgan fingerprint density at radius 2 is 2.27 bits per heavy atom. The van der Waals surface area contributed by atoms with E-state index >= 15 is 0 Å². The van der Waals surface area contributed by atoms with E-state index in [1.807, 2.05) is 0 Å². The van der Waals surface area contributed by atoms with Gasteiger partial charge in [-0.25, -0.2) is 0 Å². The van der Waals surface area contributed by atoms with Crippen molar-refractivity contribution in [1.82, 2.24) is 5.32 Å². The molecule has 0 radical (unpaired) electrons. The van der Waals surface area contributed by atoms with Crippen molar-refractivity contribution >= 4 is 5.69 Å². The lowest BCUT2D eigenvalue weighted by Crippen LogP contribution is -2.22. The smallest absolute Gasteiger partial charge is 0.0398 e. The summed E-state index contributed by atoms with van der Waals surface area (Å²) in [5.41, 5.74) is 2.67. The third-order valence-corrected chi connectivity index (χ3v) is 2.98. The van der Waals surface area contributed by atoms with E-state index in [1.165, 1.54) is 17.7 Å². The third-order valence-electron chi connectivity index (χ3n) is 2.98. The van der Waals surface area contributed by atoms with E-state index in [1.54, 1.807) is 0 Å². The molecule has 0 aromatic heterocycles. The lowest BCUT2D eigenvalue weighted by atomic mass is 10.0. The van der Waals surface area contributed by atoms with Crippen LogP contribution in [0.15, 0.2) is 24.3 Å². The molecule has 2 heteroatoms. The molecule has 1 heterocycles. The van der Waals surface area contributed by atoms with E-state index in [2.05, 4.69) is 48.7 Å². The van der Waals surface area contributed by atoms with Crippen molar-refractivity contribution in [1.29, 1.82) is 0 Å². The molecule has 0 saturated carbocycles. The monoisotopic (exact) mass is 204 g/mol. The van der Waals surface area contributed by atoms with E-state index in [9.17, 15) is 0 Å². The van der Waals surface area contributed by atoms with E-state index in [-0.39, 0.29) is 0 Å². The minimum atomic E-state index is 0.604. The molecule has 2 N–H and O–H groups in total. The SMILES string of the molecule is CC(C)c1cccc(NC2CCNC2)c1. The fourth-order valence-electron chi connectivity index (χ4n) is 2.00. The van der Waals surface area contributed by atoms with E-state index in [0.29, 0.717) is 12.0 Å². The maximum atomic E-state index is 3.57. The first-order chi connectivity index (χ1) is 7.25. The minimum Gasteiger partial charge on any atom is -0.381 e. The Hall–Kier alpha value is -1.02. The number of benzene rings is 1. The van der Waals surface area contributed by atoms with Crippen molar-refractivity contribution in [2.45, 2.75) is 32.2 Å². The number of rotatable bonds is 3. The number of nitrogens with one attached hydrogen (secondary N) is 2. The Morgan fingerprint density at radius 3 is 2.93 bits per heavy atom. The third kappa shape index (κ3) is 2.72. The zero-order valence-electron chi connectivity index (χ0n) is 9.59. The van der Waals surface area contributed by atoms with Crippen molar-refractivity contribution in [2.75, 3.05) is 18.4 Å². The average Bonchev–Trinajstić information content (AvgIpc) is 2.71. The molecule has 2 rings (SSSR count). The molecule has 0 bridgehead atoms. The highest BCUT2D eigenvalue weighted by molar-refractivity contribution is 5.47. The summed E-state index contributed by atoms with van der Waals surface area (Å²) in [7, 11) is 0. The maximum absolute atomic E-state index is 3.57. The van der Waals surface area contributed by atoms with Gasteiger partial charge in [0, 0.05) is 18.3 Å². The van der Waals surface area contributed by atoms with Crippen LogP contribution < -0.4 is 10.6 Å². The highest BCUT2D eigenvalue weighted by Gasteiger charge is 2.13. The first kappa shape index (κ1) is 10.5. The van der Waals surface area contributed by atoms with Gasteiger partial charge >= 0.3 is 0 Å². The van der Waals surface area contributed by atoms with Crippen LogP contribution in [0.1, 0.15) is 31.7 Å². The summed E-state index contributed by atoms with van der Waals surface area (Å²) in [6.07, 6.45) is 1.23. The second kappa shape index (κ2) is 4.67. The predicted molar refractivity (Wildman–Crippen MR) is 65.4 cm³/mol. The molecular formula is C13H20N2. The fraction of sp³-hybridized carbons (Fsp3) is 0.538. The molecule has 1 aromatic rings. The Morgan fingerprint density at radius 1 is 1.40 bits per heavy atom. The second-order valence-corrected chi connectivity index (χ2v) is 4.61. The van der Waals surface area contributed by atoms with Gasteiger partial charge < -0.3 is 10.6 Å². The molecule has 1 unspecified atom stereocenters. The van der Waals surface area contributed by atoms with E-state index in [0.717, 1.165) is 13.1 Å². The van der Waals surface area contributed by atoms with Crippen LogP contribution >= 0.6 is 0 Å². The first-order valence-corrected chi connectivity index (χ1v) is 5.83. The zero-order valence-corrected chi connectivity index (χ0v) is 9.59. The second-order valence-electron chi connectivity index (χ2n) is 4.61. The molecule has 0 amide bonds. The minimum absolute atomic E-state index is 0.604. The normalized spacial score (nSPS) is 20.9. The highest BCUT2D eigenvalue weighted by Crippen LogP contribution is 2.19. The van der Waals surface area contributed by atoms with Gasteiger partial charge in [-0.05, 0) is 36.6 Å². The van der Waals surface area contributed by atoms with Crippen LogP contribution in [0.4, 0.5) is 5.69 Å². The lowest BCUT2D eigenvalue weighted by Gasteiger charge is -2.14. The summed E-state index contributed by atoms with van der Waals surface area (Å²) in [4.78, 5) is 0. The van der Waals surface area contributed by atoms with Crippen molar-refractivity contribution in [3.05, 3.63) is 29.8 Å². The van der Waals surface area contributed by atoms with Crippen molar-refractivity contribution in [2.24, 2.45) is 0 Å². The van der Waals surface area contributed by atoms with Gasteiger partial charge in [-0.1, -0.05) is 26.0 Å². The predicted octanol–water partition coefficient (Wildman–Crippen LogP) is 2.58. The average molecular weight is 204 g/mol. The number of hydrogen-bond acceptors (Lipinski definition) is 2. The van der Waals surface area contributed by atoms with Gasteiger partial charge in [-0.15, -0.1) is 0 Å². The summed E-state index contributed by atoms with van der Waals surface area (Å²) in [5, 5.41) is 6.94. The summed E-state index contributed by atoms with van der Waals surface area (Å²) >= 11 is 0. The van der Waals surface area contributed by atoms with Crippen LogP contribution in [-0.2, 0) is 0 Å². The van der Waals surface area contributed by atoms with Crippen LogP contribution in [0, 0.1) is 0 Å². The number of hydrogen-bond donors (Lipinski definition) is 2. The Kier molecular flexibility index (Phi) is 3.27. The van der Waals surface area contributed by atoms with Crippen LogP contribution in [0.3, 0.4) is 0 Å². The van der Waals surface area contributed by atoms with E-state index in [4.69, 9.17) is 0 Å². The molecule has 1 saturated heterocycles. The molecule has 1 atom stereocenters. The molecule has 1 aliphatic rings. The summed E-state index contributed by atoms with van der Waals surface area (Å²) in [6, 6.07) is 9.36. The Labute approximate surface area is 92.1 Å². The first-order valence-electron chi connectivity index (χ1n) is 5.83. The van der Waals surface area contributed by atoms with Crippen LogP contribution in [-0.4, -0.2) is 19.1 Å². The molecular weight excluding hydrogens is 184 g/mol. The van der Waals surface area contributed by atoms with Gasteiger partial charge in [-0.2, -0.15) is 0 Å². The molecule has 2 nitrogen and oxygen atoms in total. The standard InChI is InChI=1S/C13H20N2/c1-10(2)11-4-3-5-12(8-11)15-13-6-7-14-9-13/h3-5,8,10,13-15H,6-7,9H2,1-2H3. The van der Waals surface area contributed by atoms with Crippen LogP contribution in [0.25, 0.3) is 0 Å². The Balaban J connectivity index is 2.04. The topological polar surface area (TPSA) is 24.1 Å². The summed E-state index contributed by atoms with van der Waals surface area (Å²) in [6.45, 7) is 6.69. The quantitative estimate of drug-likeness (QED) is 0.790. The Bertz CT molecular complexity index is 314. The van der Waals surface area contributed by atoms with E-state index < -0.39 is 0 Å². The molecule has 1 aliphatic heterocycles. The van der Waals surface area contributed by atoms with Crippen LogP contribution in [0.2, 0.25) is 0 Å². The van der Waals surface area contributed by atoms with Gasteiger partial charge in [0.25, 0.3) is 0 Å². The van der Waals surface area contributed by atoms with Crippen molar-refractivity contribution in [3.8, 4) is 0 Å². The van der Waals surface area contributed by atoms with Gasteiger partial charge in [0.2, 0.25) is 0 Å². The number of anilines is 1. The summed E-state index contributed by atoms with van der Waals surface area (Å²) in [5.74, 6) is 0.605. The molecule has 82 valence electrons. The molecule has 0 aliphatic carbocycles. The zero-order chi connectivity index (χ0) is 10.7. The highest BCUT2D eigenvalue weighted by atomic mass is 15.0. The van der Waals surface area contributed by atoms with Gasteiger partial charge in [0.1, 0.15) is 0 Å². The summed E-state index contributed by atoms with van der Waals surface area (Å²) < 4.78 is 0. The van der Waals surface area contributed by atoms with Gasteiger partial charge in [0.15, 0.2) is 0 Å². The van der Waals surface area contributed by atoms with Gasteiger partial charge in [0.05, 0.1) is 0 Å². The molecule has 1 aromatic carbocycles. The molecule has 1 fully saturated rings. The maximum Gasteiger partial charge on any atom is 0.0398 e. The van der Waals surface area contributed by atoms with Crippen LogP contribution in [0.5, 0.6) is 0 Å². The largest absolute Gasteiger partial charge is 0.381 e.